The quantitative estimate of drug-likeness (QED) is 0.892. The van der Waals surface area contributed by atoms with Crippen molar-refractivity contribution in [2.24, 2.45) is 0 Å². The lowest BCUT2D eigenvalue weighted by molar-refractivity contribution is 0.169. The molecule has 4 heteroatoms. The fraction of sp³-hybridized carbons (Fsp3) is 0.650. The Hall–Kier alpha value is -1.55. The average Bonchev–Trinajstić information content (AvgIpc) is 2.92. The van der Waals surface area contributed by atoms with E-state index >= 15 is 0 Å². The van der Waals surface area contributed by atoms with E-state index in [9.17, 15) is 4.79 Å². The number of rotatable bonds is 3. The van der Waals surface area contributed by atoms with E-state index in [2.05, 4.69) is 67.5 Å². The molecule has 1 aromatic rings. The van der Waals surface area contributed by atoms with Gasteiger partial charge in [0.1, 0.15) is 0 Å². The zero-order valence-electron chi connectivity index (χ0n) is 15.4. The molecule has 1 aliphatic heterocycles. The third-order valence-electron chi connectivity index (χ3n) is 5.57. The Morgan fingerprint density at radius 2 is 1.79 bits per heavy atom. The summed E-state index contributed by atoms with van der Waals surface area (Å²) >= 11 is 0. The molecule has 24 heavy (non-hydrogen) atoms. The van der Waals surface area contributed by atoms with Crippen molar-refractivity contribution >= 4 is 6.03 Å². The molecule has 2 aliphatic rings. The minimum absolute atomic E-state index is 0.00370. The van der Waals surface area contributed by atoms with Gasteiger partial charge < -0.3 is 10.6 Å². The van der Waals surface area contributed by atoms with Crippen LogP contribution in [0.3, 0.4) is 0 Å². The molecule has 0 radical (unpaired) electrons. The topological polar surface area (TPSA) is 44.4 Å². The first-order valence-corrected chi connectivity index (χ1v) is 9.20. The van der Waals surface area contributed by atoms with Gasteiger partial charge in [-0.2, -0.15) is 0 Å². The maximum atomic E-state index is 12.2. The molecule has 0 bridgehead atoms. The van der Waals surface area contributed by atoms with Crippen LogP contribution in [0, 0.1) is 6.92 Å². The summed E-state index contributed by atoms with van der Waals surface area (Å²) in [6.45, 7) is 10.9. The van der Waals surface area contributed by atoms with E-state index in [1.165, 1.54) is 11.1 Å². The molecule has 2 amide bonds. The normalized spacial score (nSPS) is 27.6. The minimum Gasteiger partial charge on any atom is -0.335 e. The van der Waals surface area contributed by atoms with Crippen LogP contribution in [-0.4, -0.2) is 41.6 Å². The molecule has 4 nitrogen and oxygen atoms in total. The van der Waals surface area contributed by atoms with Crippen molar-refractivity contribution in [1.29, 1.82) is 0 Å². The molecular formula is C20H31N3O. The second kappa shape index (κ2) is 6.75. The molecule has 1 aliphatic carbocycles. The summed E-state index contributed by atoms with van der Waals surface area (Å²) in [5.74, 6) is 0.597. The molecule has 1 atom stereocenters. The van der Waals surface area contributed by atoms with Crippen molar-refractivity contribution in [2.75, 3.05) is 13.1 Å². The monoisotopic (exact) mass is 329 g/mol. The lowest BCUT2D eigenvalue weighted by Crippen LogP contribution is -2.51. The van der Waals surface area contributed by atoms with Gasteiger partial charge in [-0.15, -0.1) is 0 Å². The van der Waals surface area contributed by atoms with Gasteiger partial charge in [0.25, 0.3) is 0 Å². The van der Waals surface area contributed by atoms with Crippen molar-refractivity contribution in [3.8, 4) is 0 Å². The van der Waals surface area contributed by atoms with Crippen LogP contribution in [0.2, 0.25) is 0 Å². The smallest absolute Gasteiger partial charge is 0.315 e. The Balaban J connectivity index is 1.41. The van der Waals surface area contributed by atoms with Crippen molar-refractivity contribution in [3.63, 3.8) is 0 Å². The second-order valence-corrected chi connectivity index (χ2v) is 8.44. The van der Waals surface area contributed by atoms with Gasteiger partial charge in [0, 0.05) is 30.7 Å². The summed E-state index contributed by atoms with van der Waals surface area (Å²) in [6.07, 6.45) is 3.15. The summed E-state index contributed by atoms with van der Waals surface area (Å²) in [4.78, 5) is 14.7. The number of aryl methyl sites for hydroxylation is 1. The molecule has 1 aromatic carbocycles. The zero-order chi connectivity index (χ0) is 17.3. The van der Waals surface area contributed by atoms with Crippen LogP contribution in [0.5, 0.6) is 0 Å². The Morgan fingerprint density at radius 1 is 1.12 bits per heavy atom. The third kappa shape index (κ3) is 3.92. The summed E-state index contributed by atoms with van der Waals surface area (Å²) in [5, 5.41) is 6.30. The van der Waals surface area contributed by atoms with Crippen LogP contribution in [-0.2, 0) is 0 Å². The highest BCUT2D eigenvalue weighted by Gasteiger charge is 2.34. The predicted molar refractivity (Wildman–Crippen MR) is 98.3 cm³/mol. The maximum Gasteiger partial charge on any atom is 0.315 e. The van der Waals surface area contributed by atoms with Crippen molar-refractivity contribution in [2.45, 2.75) is 70.5 Å². The van der Waals surface area contributed by atoms with E-state index < -0.39 is 0 Å². The van der Waals surface area contributed by atoms with Gasteiger partial charge in [-0.25, -0.2) is 4.79 Å². The summed E-state index contributed by atoms with van der Waals surface area (Å²) in [5.41, 5.74) is 2.98. The van der Waals surface area contributed by atoms with E-state index in [1.807, 2.05) is 0 Å². The molecule has 0 aromatic heterocycles. The summed E-state index contributed by atoms with van der Waals surface area (Å²) in [6, 6.07) is 9.18. The second-order valence-electron chi connectivity index (χ2n) is 8.44. The summed E-state index contributed by atoms with van der Waals surface area (Å²) < 4.78 is 0. The fourth-order valence-corrected chi connectivity index (χ4v) is 3.93. The van der Waals surface area contributed by atoms with Crippen molar-refractivity contribution < 1.29 is 4.79 Å². The first kappa shape index (κ1) is 17.3. The molecular weight excluding hydrogens is 298 g/mol. The van der Waals surface area contributed by atoms with Gasteiger partial charge >= 0.3 is 6.03 Å². The Bertz CT molecular complexity index is 587. The number of urea groups is 1. The SMILES string of the molecule is Cc1ccccc1C1CC(NC(=O)NC2CCN(C(C)(C)C)C2)C1. The van der Waals surface area contributed by atoms with Gasteiger partial charge in [-0.3, -0.25) is 4.90 Å². The van der Waals surface area contributed by atoms with Gasteiger partial charge in [-0.05, 0) is 64.0 Å². The molecule has 2 fully saturated rings. The van der Waals surface area contributed by atoms with Crippen LogP contribution in [0.1, 0.15) is 57.1 Å². The Morgan fingerprint density at radius 3 is 2.42 bits per heavy atom. The van der Waals surface area contributed by atoms with E-state index in [4.69, 9.17) is 0 Å². The Labute approximate surface area is 146 Å². The number of hydrogen-bond acceptors (Lipinski definition) is 2. The Kier molecular flexibility index (Phi) is 4.86. The molecule has 1 heterocycles. The fourth-order valence-electron chi connectivity index (χ4n) is 3.93. The van der Waals surface area contributed by atoms with Crippen molar-refractivity contribution in [3.05, 3.63) is 35.4 Å². The lowest BCUT2D eigenvalue weighted by atomic mass is 9.74. The standard InChI is InChI=1S/C20H31N3O/c1-14-7-5-6-8-18(14)15-11-17(12-15)22-19(24)21-16-9-10-23(13-16)20(2,3)4/h5-8,15-17H,9-13H2,1-4H3,(H2,21,22,24). The molecule has 3 rings (SSSR count). The highest BCUT2D eigenvalue weighted by atomic mass is 16.2. The van der Waals surface area contributed by atoms with Gasteiger partial charge in [-0.1, -0.05) is 24.3 Å². The summed E-state index contributed by atoms with van der Waals surface area (Å²) in [7, 11) is 0. The van der Waals surface area contributed by atoms with Crippen LogP contribution >= 0.6 is 0 Å². The number of carbonyl (C=O) groups is 1. The maximum absolute atomic E-state index is 12.2. The first-order chi connectivity index (χ1) is 11.3. The number of benzene rings is 1. The van der Waals surface area contributed by atoms with Gasteiger partial charge in [0.05, 0.1) is 0 Å². The first-order valence-electron chi connectivity index (χ1n) is 9.20. The zero-order valence-corrected chi connectivity index (χ0v) is 15.4. The molecule has 1 saturated carbocycles. The van der Waals surface area contributed by atoms with E-state index in [-0.39, 0.29) is 17.6 Å². The number of amides is 2. The van der Waals surface area contributed by atoms with E-state index in [0.717, 1.165) is 32.4 Å². The number of nitrogens with zero attached hydrogens (tertiary/aromatic N) is 1. The van der Waals surface area contributed by atoms with Gasteiger partial charge in [0.15, 0.2) is 0 Å². The van der Waals surface area contributed by atoms with Crippen molar-refractivity contribution in [1.82, 2.24) is 15.5 Å². The van der Waals surface area contributed by atoms with Crippen LogP contribution in [0.25, 0.3) is 0 Å². The molecule has 1 unspecified atom stereocenters. The average molecular weight is 329 g/mol. The largest absolute Gasteiger partial charge is 0.335 e. The van der Waals surface area contributed by atoms with Crippen LogP contribution in [0.4, 0.5) is 4.79 Å². The highest BCUT2D eigenvalue weighted by molar-refractivity contribution is 5.74. The number of nitrogens with one attached hydrogen (secondary N) is 2. The molecule has 132 valence electrons. The van der Waals surface area contributed by atoms with E-state index in [1.54, 1.807) is 0 Å². The predicted octanol–water partition coefficient (Wildman–Crippen LogP) is 3.41. The third-order valence-corrected chi connectivity index (χ3v) is 5.57. The number of likely N-dealkylation sites (tertiary alicyclic amines) is 1. The molecule has 1 saturated heterocycles. The minimum atomic E-state index is 0.00370. The van der Waals surface area contributed by atoms with Gasteiger partial charge in [0.2, 0.25) is 0 Å². The number of hydrogen-bond donors (Lipinski definition) is 2. The number of carbonyl (C=O) groups excluding carboxylic acids is 1. The van der Waals surface area contributed by atoms with Crippen LogP contribution in [0.15, 0.2) is 24.3 Å². The van der Waals surface area contributed by atoms with E-state index in [0.29, 0.717) is 12.0 Å². The van der Waals surface area contributed by atoms with Crippen LogP contribution < -0.4 is 10.6 Å². The lowest BCUT2D eigenvalue weighted by Gasteiger charge is -2.37. The highest BCUT2D eigenvalue weighted by Crippen LogP contribution is 2.38. The molecule has 0 spiro atoms. The molecule has 2 N–H and O–H groups in total.